The molecule has 0 unspecified atom stereocenters. The summed E-state index contributed by atoms with van der Waals surface area (Å²) < 4.78 is 27.4. The van der Waals surface area contributed by atoms with E-state index < -0.39 is 5.67 Å². The largest absolute Gasteiger partial charge is 0.497 e. The fraction of sp³-hybridized carbons (Fsp3) is 0.344. The number of likely N-dealkylation sites (tertiary alicyclic amines) is 2. The summed E-state index contributed by atoms with van der Waals surface area (Å²) in [7, 11) is 5.06. The lowest BCUT2D eigenvalue weighted by Crippen LogP contribution is -2.65. The van der Waals surface area contributed by atoms with E-state index in [4.69, 9.17) is 19.3 Å². The Hall–Kier alpha value is -4.84. The predicted octanol–water partition coefficient (Wildman–Crippen LogP) is 4.44. The molecule has 2 aromatic carbocycles. The molecule has 0 atom stereocenters. The molecule has 11 nitrogen and oxygen atoms in total. The number of hydrogen-bond donors (Lipinski definition) is 1. The number of rotatable bonds is 8. The van der Waals surface area contributed by atoms with Gasteiger partial charge in [0.15, 0.2) is 0 Å². The number of allylic oxidation sites excluding steroid dienone is 1. The number of benzene rings is 2. The Labute approximate surface area is 255 Å². The second-order valence-electron chi connectivity index (χ2n) is 10.9. The molecule has 0 spiro atoms. The summed E-state index contributed by atoms with van der Waals surface area (Å²) in [6.07, 6.45) is 8.80. The first-order valence-electron chi connectivity index (χ1n) is 14.3. The molecule has 4 heterocycles. The third-order valence-electron chi connectivity index (χ3n) is 7.73. The molecule has 0 aliphatic carbocycles. The fourth-order valence-electron chi connectivity index (χ4n) is 5.51. The van der Waals surface area contributed by atoms with Crippen molar-refractivity contribution in [3.8, 4) is 22.8 Å². The normalized spacial score (nSPS) is 16.3. The smallest absolute Gasteiger partial charge is 0.262 e. The van der Waals surface area contributed by atoms with Gasteiger partial charge in [-0.1, -0.05) is 6.58 Å². The van der Waals surface area contributed by atoms with Crippen molar-refractivity contribution in [3.63, 3.8) is 0 Å². The van der Waals surface area contributed by atoms with Crippen molar-refractivity contribution < 1.29 is 23.5 Å². The predicted molar refractivity (Wildman–Crippen MR) is 166 cm³/mol. The van der Waals surface area contributed by atoms with Gasteiger partial charge < -0.3 is 19.7 Å². The van der Waals surface area contributed by atoms with E-state index in [-0.39, 0.29) is 25.0 Å². The molecular weight excluding hydrogens is 565 g/mol. The van der Waals surface area contributed by atoms with Crippen molar-refractivity contribution in [1.82, 2.24) is 29.5 Å². The summed E-state index contributed by atoms with van der Waals surface area (Å²) in [4.78, 5) is 34.6. The second kappa shape index (κ2) is 13.2. The van der Waals surface area contributed by atoms with E-state index in [1.165, 1.54) is 6.08 Å². The van der Waals surface area contributed by atoms with Crippen LogP contribution in [0.2, 0.25) is 0 Å². The molecule has 12 heteroatoms. The van der Waals surface area contributed by atoms with Crippen LogP contribution in [-0.2, 0) is 9.59 Å². The monoisotopic (exact) mass is 601 g/mol. The van der Waals surface area contributed by atoms with Gasteiger partial charge in [-0.05, 0) is 44.2 Å². The SMILES string of the molecule is C=CC=O.COc1cc(Nc2ccc3ncc(-c4cnn(C5CCN(C(=O)C6(F)CN(C)C6)CC5)c4)nc3c2)cc(OC)c1. The molecule has 2 fully saturated rings. The minimum Gasteiger partial charge on any atom is -0.497 e. The van der Waals surface area contributed by atoms with Gasteiger partial charge in [-0.3, -0.25) is 24.2 Å². The third-order valence-corrected chi connectivity index (χ3v) is 7.73. The van der Waals surface area contributed by atoms with Crippen LogP contribution in [0.15, 0.2) is 67.6 Å². The number of piperidine rings is 1. The standard InChI is InChI=1S/C29H32FN7O3.C3H4O/c1-35-17-29(30,18-35)28(38)36-8-6-22(7-9-36)37-16-19(14-32-37)27-15-31-25-5-4-20(12-26(25)34-27)33-21-10-23(39-2)13-24(11-21)40-3;1-2-3-4/h4-5,10-16,22,33H,6-9,17-18H2,1-3H3;2-3H,1H2. The molecule has 6 rings (SSSR count). The number of aromatic nitrogens is 4. The highest BCUT2D eigenvalue weighted by Gasteiger charge is 2.50. The molecule has 0 saturated carbocycles. The van der Waals surface area contributed by atoms with E-state index in [2.05, 4.69) is 22.0 Å². The highest BCUT2D eigenvalue weighted by atomic mass is 19.1. The molecule has 1 amide bonds. The van der Waals surface area contributed by atoms with Gasteiger partial charge in [0.2, 0.25) is 5.67 Å². The number of nitrogens with one attached hydrogen (secondary N) is 1. The van der Waals surface area contributed by atoms with Gasteiger partial charge in [-0.25, -0.2) is 9.37 Å². The number of carbonyl (C=O) groups excluding carboxylic acids is 2. The zero-order valence-corrected chi connectivity index (χ0v) is 25.1. The number of amides is 1. The van der Waals surface area contributed by atoms with Gasteiger partial charge in [0.25, 0.3) is 5.91 Å². The summed E-state index contributed by atoms with van der Waals surface area (Å²) in [6, 6.07) is 11.6. The van der Waals surface area contributed by atoms with Crippen molar-refractivity contribution >= 4 is 34.6 Å². The maximum atomic E-state index is 14.8. The number of nitrogens with zero attached hydrogens (tertiary/aromatic N) is 6. The van der Waals surface area contributed by atoms with E-state index in [1.54, 1.807) is 31.5 Å². The summed E-state index contributed by atoms with van der Waals surface area (Å²) in [6.45, 7) is 4.51. The second-order valence-corrected chi connectivity index (χ2v) is 10.9. The Morgan fingerprint density at radius 3 is 2.34 bits per heavy atom. The molecule has 0 radical (unpaired) electrons. The van der Waals surface area contributed by atoms with Gasteiger partial charge in [0, 0.05) is 67.5 Å². The minimum absolute atomic E-state index is 0.140. The maximum absolute atomic E-state index is 14.8. The lowest BCUT2D eigenvalue weighted by atomic mass is 9.93. The first-order chi connectivity index (χ1) is 21.2. The quantitative estimate of drug-likeness (QED) is 0.231. The average Bonchev–Trinajstić information content (AvgIpc) is 3.54. The van der Waals surface area contributed by atoms with Crippen LogP contribution < -0.4 is 14.8 Å². The van der Waals surface area contributed by atoms with E-state index in [0.717, 1.165) is 46.5 Å². The van der Waals surface area contributed by atoms with E-state index >= 15 is 0 Å². The highest BCUT2D eigenvalue weighted by molar-refractivity contribution is 5.87. The van der Waals surface area contributed by atoms with Gasteiger partial charge in [-0.15, -0.1) is 0 Å². The summed E-state index contributed by atoms with van der Waals surface area (Å²) in [5.74, 6) is 1.00. The Bertz CT molecular complexity index is 1620. The van der Waals surface area contributed by atoms with Crippen molar-refractivity contribution in [2.45, 2.75) is 24.6 Å². The average molecular weight is 602 g/mol. The Kier molecular flexibility index (Phi) is 9.19. The number of hydrogen-bond acceptors (Lipinski definition) is 9. The summed E-state index contributed by atoms with van der Waals surface area (Å²) >= 11 is 0. The number of halogens is 1. The lowest BCUT2D eigenvalue weighted by molar-refractivity contribution is -0.156. The maximum Gasteiger partial charge on any atom is 0.262 e. The topological polar surface area (TPSA) is 115 Å². The van der Waals surface area contributed by atoms with Gasteiger partial charge in [0.1, 0.15) is 17.8 Å². The molecule has 4 aromatic rings. The highest BCUT2D eigenvalue weighted by Crippen LogP contribution is 2.32. The molecule has 2 aliphatic heterocycles. The third kappa shape index (κ3) is 6.70. The van der Waals surface area contributed by atoms with Crippen LogP contribution in [-0.4, -0.2) is 94.9 Å². The zero-order chi connectivity index (χ0) is 31.3. The minimum atomic E-state index is -1.73. The van der Waals surface area contributed by atoms with E-state index in [1.807, 2.05) is 59.2 Å². The van der Waals surface area contributed by atoms with Crippen LogP contribution in [0.3, 0.4) is 0 Å². The number of carbonyl (C=O) groups is 2. The number of alkyl halides is 1. The molecule has 230 valence electrons. The van der Waals surface area contributed by atoms with Crippen LogP contribution in [0.4, 0.5) is 15.8 Å². The van der Waals surface area contributed by atoms with Crippen molar-refractivity contribution in [3.05, 3.63) is 67.6 Å². The summed E-state index contributed by atoms with van der Waals surface area (Å²) in [5, 5.41) is 7.97. The Balaban J connectivity index is 0.000000906. The molecule has 44 heavy (non-hydrogen) atoms. The summed E-state index contributed by atoms with van der Waals surface area (Å²) in [5.41, 5.74) is 3.07. The fourth-order valence-corrected chi connectivity index (χ4v) is 5.51. The van der Waals surface area contributed by atoms with Crippen LogP contribution in [0.1, 0.15) is 18.9 Å². The number of anilines is 2. The van der Waals surface area contributed by atoms with Crippen LogP contribution in [0.25, 0.3) is 22.3 Å². The van der Waals surface area contributed by atoms with Crippen LogP contribution in [0, 0.1) is 0 Å². The van der Waals surface area contributed by atoms with Gasteiger partial charge in [-0.2, -0.15) is 5.10 Å². The molecule has 0 bridgehead atoms. The van der Waals surface area contributed by atoms with Crippen molar-refractivity contribution in [1.29, 1.82) is 0 Å². The Morgan fingerprint density at radius 1 is 1.05 bits per heavy atom. The first-order valence-corrected chi connectivity index (χ1v) is 14.3. The van der Waals surface area contributed by atoms with Crippen molar-refractivity contribution in [2.75, 3.05) is 52.8 Å². The zero-order valence-electron chi connectivity index (χ0n) is 25.1. The van der Waals surface area contributed by atoms with Crippen LogP contribution >= 0.6 is 0 Å². The first kappa shape index (κ1) is 30.6. The number of ether oxygens (including phenoxy) is 2. The molecule has 1 N–H and O–H groups in total. The molecular formula is C32H36FN7O4. The van der Waals surface area contributed by atoms with Gasteiger partial charge in [0.05, 0.1) is 49.4 Å². The molecule has 2 saturated heterocycles. The van der Waals surface area contributed by atoms with E-state index in [9.17, 15) is 9.18 Å². The number of aldehydes is 1. The van der Waals surface area contributed by atoms with Crippen LogP contribution in [0.5, 0.6) is 11.5 Å². The number of fused-ring (bicyclic) bond motifs is 1. The van der Waals surface area contributed by atoms with E-state index in [0.29, 0.717) is 30.9 Å². The number of methoxy groups -OCH3 is 2. The van der Waals surface area contributed by atoms with Crippen molar-refractivity contribution in [2.24, 2.45) is 0 Å². The molecule has 2 aliphatic rings. The lowest BCUT2D eigenvalue weighted by Gasteiger charge is -2.44. The molecule has 2 aromatic heterocycles. The van der Waals surface area contributed by atoms with Gasteiger partial charge >= 0.3 is 0 Å². The Morgan fingerprint density at radius 2 is 1.73 bits per heavy atom.